The van der Waals surface area contributed by atoms with E-state index in [0.717, 1.165) is 24.3 Å². The monoisotopic (exact) mass is 266 g/mol. The van der Waals surface area contributed by atoms with Gasteiger partial charge in [0.25, 0.3) is 0 Å². The lowest BCUT2D eigenvalue weighted by Crippen LogP contribution is -2.20. The molecule has 0 amide bonds. The van der Waals surface area contributed by atoms with E-state index in [9.17, 15) is 5.11 Å². The summed E-state index contributed by atoms with van der Waals surface area (Å²) >= 11 is 0. The molecule has 1 aromatic rings. The molecule has 1 aliphatic heterocycles. The van der Waals surface area contributed by atoms with Gasteiger partial charge in [0.15, 0.2) is 0 Å². The standard InChI is InChI=1S/C15H22O4/c1-11-12(7-8-18-11)15(16)13-5-3-4-6-14(13)19-10-9-17-2/h3-6,11-12,15-16H,7-10H2,1-2H3. The summed E-state index contributed by atoms with van der Waals surface area (Å²) in [4.78, 5) is 0. The normalized spacial score (nSPS) is 24.4. The quantitative estimate of drug-likeness (QED) is 0.802. The molecular formula is C15H22O4. The first-order chi connectivity index (χ1) is 9.24. The first-order valence-electron chi connectivity index (χ1n) is 6.74. The van der Waals surface area contributed by atoms with Gasteiger partial charge in [0.1, 0.15) is 12.4 Å². The average molecular weight is 266 g/mol. The van der Waals surface area contributed by atoms with Gasteiger partial charge in [-0.2, -0.15) is 0 Å². The third-order valence-corrected chi connectivity index (χ3v) is 3.62. The van der Waals surface area contributed by atoms with Gasteiger partial charge in [0.05, 0.1) is 18.8 Å². The van der Waals surface area contributed by atoms with Crippen LogP contribution in [-0.2, 0) is 9.47 Å². The molecule has 4 nitrogen and oxygen atoms in total. The Kier molecular flexibility index (Phi) is 5.19. The van der Waals surface area contributed by atoms with Gasteiger partial charge in [-0.3, -0.25) is 0 Å². The second kappa shape index (κ2) is 6.89. The maximum absolute atomic E-state index is 10.5. The summed E-state index contributed by atoms with van der Waals surface area (Å²) in [6.07, 6.45) is 0.424. The fourth-order valence-electron chi connectivity index (χ4n) is 2.48. The maximum Gasteiger partial charge on any atom is 0.125 e. The minimum Gasteiger partial charge on any atom is -0.491 e. The summed E-state index contributed by atoms with van der Waals surface area (Å²) < 4.78 is 16.2. The lowest BCUT2D eigenvalue weighted by molar-refractivity contribution is 0.0412. The molecule has 1 fully saturated rings. The van der Waals surface area contributed by atoms with Crippen molar-refractivity contribution in [3.05, 3.63) is 29.8 Å². The molecule has 1 saturated heterocycles. The van der Waals surface area contributed by atoms with Gasteiger partial charge in [-0.25, -0.2) is 0 Å². The van der Waals surface area contributed by atoms with E-state index in [0.29, 0.717) is 13.2 Å². The summed E-state index contributed by atoms with van der Waals surface area (Å²) in [5.41, 5.74) is 0.834. The van der Waals surface area contributed by atoms with Crippen LogP contribution in [-0.4, -0.2) is 38.1 Å². The smallest absolute Gasteiger partial charge is 0.125 e. The van der Waals surface area contributed by atoms with E-state index in [-0.39, 0.29) is 12.0 Å². The Morgan fingerprint density at radius 2 is 2.16 bits per heavy atom. The molecule has 2 rings (SSSR count). The van der Waals surface area contributed by atoms with E-state index >= 15 is 0 Å². The zero-order valence-electron chi connectivity index (χ0n) is 11.5. The van der Waals surface area contributed by atoms with Crippen LogP contribution >= 0.6 is 0 Å². The Bertz CT molecular complexity index is 393. The van der Waals surface area contributed by atoms with Gasteiger partial charge >= 0.3 is 0 Å². The molecule has 0 saturated carbocycles. The van der Waals surface area contributed by atoms with Crippen molar-refractivity contribution in [3.63, 3.8) is 0 Å². The molecule has 1 heterocycles. The number of hydrogen-bond acceptors (Lipinski definition) is 4. The van der Waals surface area contributed by atoms with Gasteiger partial charge < -0.3 is 19.3 Å². The number of para-hydroxylation sites is 1. The molecule has 106 valence electrons. The highest BCUT2D eigenvalue weighted by molar-refractivity contribution is 5.35. The minimum absolute atomic E-state index is 0.0852. The van der Waals surface area contributed by atoms with Crippen molar-refractivity contribution < 1.29 is 19.3 Å². The van der Waals surface area contributed by atoms with Crippen molar-refractivity contribution in [3.8, 4) is 5.75 Å². The maximum atomic E-state index is 10.5. The number of rotatable bonds is 6. The second-order valence-electron chi connectivity index (χ2n) is 4.85. The van der Waals surface area contributed by atoms with Crippen LogP contribution in [0.25, 0.3) is 0 Å². The summed E-state index contributed by atoms with van der Waals surface area (Å²) in [5, 5.41) is 10.5. The van der Waals surface area contributed by atoms with Crippen LogP contribution in [0.2, 0.25) is 0 Å². The van der Waals surface area contributed by atoms with Crippen LogP contribution in [0, 0.1) is 5.92 Å². The van der Waals surface area contributed by atoms with Gasteiger partial charge in [0.2, 0.25) is 0 Å². The van der Waals surface area contributed by atoms with Crippen LogP contribution in [0.3, 0.4) is 0 Å². The van der Waals surface area contributed by atoms with Crippen molar-refractivity contribution in [2.75, 3.05) is 26.9 Å². The molecule has 0 bridgehead atoms. The van der Waals surface area contributed by atoms with Crippen LogP contribution < -0.4 is 4.74 Å². The van der Waals surface area contributed by atoms with Crippen molar-refractivity contribution >= 4 is 0 Å². The number of methoxy groups -OCH3 is 1. The van der Waals surface area contributed by atoms with Crippen molar-refractivity contribution in [2.45, 2.75) is 25.6 Å². The van der Waals surface area contributed by atoms with Crippen LogP contribution in [0.4, 0.5) is 0 Å². The summed E-state index contributed by atoms with van der Waals surface area (Å²) in [6.45, 7) is 3.75. The zero-order chi connectivity index (χ0) is 13.7. The molecule has 0 radical (unpaired) electrons. The van der Waals surface area contributed by atoms with Gasteiger partial charge in [0, 0.05) is 25.2 Å². The summed E-state index contributed by atoms with van der Waals surface area (Å²) in [5.74, 6) is 0.860. The van der Waals surface area contributed by atoms with E-state index in [2.05, 4.69) is 0 Å². The number of ether oxygens (including phenoxy) is 3. The number of benzene rings is 1. The van der Waals surface area contributed by atoms with Crippen LogP contribution in [0.5, 0.6) is 5.75 Å². The molecule has 0 aromatic heterocycles. The fourth-order valence-corrected chi connectivity index (χ4v) is 2.48. The zero-order valence-corrected chi connectivity index (χ0v) is 11.5. The lowest BCUT2D eigenvalue weighted by Gasteiger charge is -2.23. The van der Waals surface area contributed by atoms with Crippen molar-refractivity contribution in [1.82, 2.24) is 0 Å². The van der Waals surface area contributed by atoms with E-state index in [1.807, 2.05) is 31.2 Å². The molecule has 0 aliphatic carbocycles. The molecule has 1 aromatic carbocycles. The molecule has 1 aliphatic rings. The first kappa shape index (κ1) is 14.3. The predicted molar refractivity (Wildman–Crippen MR) is 72.3 cm³/mol. The third kappa shape index (κ3) is 3.47. The Balaban J connectivity index is 2.09. The average Bonchev–Trinajstić information content (AvgIpc) is 2.85. The predicted octanol–water partition coefficient (Wildman–Crippen LogP) is 2.17. The third-order valence-electron chi connectivity index (χ3n) is 3.62. The van der Waals surface area contributed by atoms with E-state index in [4.69, 9.17) is 14.2 Å². The Labute approximate surface area is 114 Å². The number of hydrogen-bond donors (Lipinski definition) is 1. The number of aliphatic hydroxyl groups is 1. The molecule has 3 atom stereocenters. The summed E-state index contributed by atoms with van der Waals surface area (Å²) in [6, 6.07) is 7.63. The summed E-state index contributed by atoms with van der Waals surface area (Å²) in [7, 11) is 1.64. The molecule has 0 spiro atoms. The highest BCUT2D eigenvalue weighted by Gasteiger charge is 2.32. The Morgan fingerprint density at radius 1 is 1.37 bits per heavy atom. The molecule has 19 heavy (non-hydrogen) atoms. The van der Waals surface area contributed by atoms with E-state index in [1.54, 1.807) is 7.11 Å². The fraction of sp³-hybridized carbons (Fsp3) is 0.600. The van der Waals surface area contributed by atoms with Crippen molar-refractivity contribution in [2.24, 2.45) is 5.92 Å². The van der Waals surface area contributed by atoms with Crippen LogP contribution in [0.1, 0.15) is 25.0 Å². The van der Waals surface area contributed by atoms with Crippen molar-refractivity contribution in [1.29, 1.82) is 0 Å². The van der Waals surface area contributed by atoms with Gasteiger partial charge in [-0.15, -0.1) is 0 Å². The minimum atomic E-state index is -0.545. The number of aliphatic hydroxyl groups excluding tert-OH is 1. The van der Waals surface area contributed by atoms with Gasteiger partial charge in [-0.05, 0) is 19.4 Å². The molecule has 4 heteroatoms. The Hall–Kier alpha value is -1.10. The second-order valence-corrected chi connectivity index (χ2v) is 4.85. The SMILES string of the molecule is COCCOc1ccccc1C(O)C1CCOC1C. The largest absolute Gasteiger partial charge is 0.491 e. The topological polar surface area (TPSA) is 47.9 Å². The highest BCUT2D eigenvalue weighted by Crippen LogP contribution is 2.36. The highest BCUT2D eigenvalue weighted by atomic mass is 16.5. The van der Waals surface area contributed by atoms with Gasteiger partial charge in [-0.1, -0.05) is 18.2 Å². The molecular weight excluding hydrogens is 244 g/mol. The molecule has 3 unspecified atom stereocenters. The molecule has 1 N–H and O–H groups in total. The Morgan fingerprint density at radius 3 is 2.84 bits per heavy atom. The first-order valence-corrected chi connectivity index (χ1v) is 6.74. The van der Waals surface area contributed by atoms with E-state index in [1.165, 1.54) is 0 Å². The van der Waals surface area contributed by atoms with E-state index < -0.39 is 6.10 Å². The van der Waals surface area contributed by atoms with Crippen LogP contribution in [0.15, 0.2) is 24.3 Å². The lowest BCUT2D eigenvalue weighted by atomic mass is 9.90.